The molecule has 0 radical (unpaired) electrons. The van der Waals surface area contributed by atoms with Gasteiger partial charge in [0.25, 0.3) is 5.91 Å². The molecule has 2 N–H and O–H groups in total. The van der Waals surface area contributed by atoms with Crippen molar-refractivity contribution < 1.29 is 9.53 Å². The number of ether oxygens (including phenoxy) is 1. The quantitative estimate of drug-likeness (QED) is 0.812. The number of hydrogen-bond donors (Lipinski definition) is 2. The summed E-state index contributed by atoms with van der Waals surface area (Å²) in [5.74, 6) is 0.657. The smallest absolute Gasteiger partial charge is 0.261 e. The second-order valence-electron chi connectivity index (χ2n) is 6.03. The van der Waals surface area contributed by atoms with Gasteiger partial charge in [-0.15, -0.1) is 0 Å². The minimum atomic E-state index is -0.527. The van der Waals surface area contributed by atoms with Crippen LogP contribution in [0, 0.1) is 0 Å². The molecule has 0 heterocycles. The number of para-hydroxylation sites is 1. The minimum absolute atomic E-state index is 0.0891. The summed E-state index contributed by atoms with van der Waals surface area (Å²) in [6.07, 6.45) is 0.347. The van der Waals surface area contributed by atoms with E-state index in [0.29, 0.717) is 0 Å². The van der Waals surface area contributed by atoms with Crippen LogP contribution in [-0.4, -0.2) is 24.6 Å². The predicted molar refractivity (Wildman–Crippen MR) is 86.5 cm³/mol. The van der Waals surface area contributed by atoms with E-state index in [9.17, 15) is 4.79 Å². The van der Waals surface area contributed by atoms with Gasteiger partial charge in [-0.05, 0) is 47.2 Å². The Hall–Kier alpha value is -1.55. The lowest BCUT2D eigenvalue weighted by Gasteiger charge is -2.27. The monoisotopic (exact) mass is 292 g/mol. The van der Waals surface area contributed by atoms with Crippen molar-refractivity contribution in [1.29, 1.82) is 0 Å². The Bertz CT molecular complexity index is 472. The maximum absolute atomic E-state index is 12.2. The van der Waals surface area contributed by atoms with Gasteiger partial charge in [0, 0.05) is 17.1 Å². The molecule has 0 aliphatic rings. The van der Waals surface area contributed by atoms with Crippen molar-refractivity contribution in [3.05, 3.63) is 29.8 Å². The third-order valence-electron chi connectivity index (χ3n) is 3.84. The molecule has 0 bridgehead atoms. The van der Waals surface area contributed by atoms with Crippen LogP contribution in [0.25, 0.3) is 0 Å². The maximum atomic E-state index is 12.2. The van der Waals surface area contributed by atoms with Crippen molar-refractivity contribution >= 4 is 5.91 Å². The molecule has 0 aromatic heterocycles. The average Bonchev–Trinajstić information content (AvgIpc) is 2.46. The zero-order chi connectivity index (χ0) is 16.0. The van der Waals surface area contributed by atoms with Crippen molar-refractivity contribution in [2.45, 2.75) is 58.7 Å². The lowest BCUT2D eigenvalue weighted by atomic mass is 10.0. The minimum Gasteiger partial charge on any atom is -0.481 e. The van der Waals surface area contributed by atoms with E-state index in [-0.39, 0.29) is 17.5 Å². The fraction of sp³-hybridized carbons (Fsp3) is 0.588. The van der Waals surface area contributed by atoms with Crippen molar-refractivity contribution in [1.82, 2.24) is 10.6 Å². The molecule has 0 aliphatic heterocycles. The van der Waals surface area contributed by atoms with Gasteiger partial charge in [0.05, 0.1) is 0 Å². The topological polar surface area (TPSA) is 50.4 Å². The van der Waals surface area contributed by atoms with Gasteiger partial charge < -0.3 is 15.4 Å². The van der Waals surface area contributed by atoms with E-state index >= 15 is 0 Å². The molecule has 0 fully saturated rings. The molecule has 1 aromatic rings. The highest BCUT2D eigenvalue weighted by molar-refractivity contribution is 5.81. The number of benzene rings is 1. The molecule has 118 valence electrons. The Morgan fingerprint density at radius 1 is 1.29 bits per heavy atom. The summed E-state index contributed by atoms with van der Waals surface area (Å²) in [6.45, 7) is 9.91. The Kier molecular flexibility index (Phi) is 6.21. The number of hydrogen-bond acceptors (Lipinski definition) is 3. The SMILES string of the molecule is CCC(C)(C)NC(=O)C(C)Oc1ccccc1C(C)NC. The molecule has 21 heavy (non-hydrogen) atoms. The van der Waals surface area contributed by atoms with Crippen molar-refractivity contribution in [2.75, 3.05) is 7.05 Å². The van der Waals surface area contributed by atoms with Crippen LogP contribution in [0.4, 0.5) is 0 Å². The predicted octanol–water partition coefficient (Wildman–Crippen LogP) is 3.04. The molecular formula is C17H28N2O2. The number of amides is 1. The summed E-state index contributed by atoms with van der Waals surface area (Å²) in [7, 11) is 1.90. The highest BCUT2D eigenvalue weighted by Crippen LogP contribution is 2.25. The van der Waals surface area contributed by atoms with Crippen LogP contribution in [0.2, 0.25) is 0 Å². The first kappa shape index (κ1) is 17.5. The van der Waals surface area contributed by atoms with Gasteiger partial charge in [-0.3, -0.25) is 4.79 Å². The Morgan fingerprint density at radius 2 is 1.90 bits per heavy atom. The second kappa shape index (κ2) is 7.46. The fourth-order valence-corrected chi connectivity index (χ4v) is 1.87. The molecule has 0 saturated carbocycles. The third-order valence-corrected chi connectivity index (χ3v) is 3.84. The first-order valence-corrected chi connectivity index (χ1v) is 7.55. The summed E-state index contributed by atoms with van der Waals surface area (Å²) in [5.41, 5.74) is 0.835. The van der Waals surface area contributed by atoms with Gasteiger partial charge in [0.15, 0.2) is 6.10 Å². The van der Waals surface area contributed by atoms with Crippen LogP contribution < -0.4 is 15.4 Å². The normalized spacial score (nSPS) is 14.4. The molecular weight excluding hydrogens is 264 g/mol. The summed E-state index contributed by atoms with van der Waals surface area (Å²) >= 11 is 0. The number of rotatable bonds is 7. The van der Waals surface area contributed by atoms with Crippen LogP contribution in [0.1, 0.15) is 52.6 Å². The van der Waals surface area contributed by atoms with E-state index in [1.165, 1.54) is 0 Å². The van der Waals surface area contributed by atoms with Gasteiger partial charge in [0.1, 0.15) is 5.75 Å². The Labute approximate surface area is 128 Å². The van der Waals surface area contributed by atoms with Gasteiger partial charge in [-0.25, -0.2) is 0 Å². The van der Waals surface area contributed by atoms with E-state index in [0.717, 1.165) is 17.7 Å². The highest BCUT2D eigenvalue weighted by Gasteiger charge is 2.23. The highest BCUT2D eigenvalue weighted by atomic mass is 16.5. The van der Waals surface area contributed by atoms with E-state index < -0.39 is 6.10 Å². The Morgan fingerprint density at radius 3 is 2.48 bits per heavy atom. The van der Waals surface area contributed by atoms with E-state index in [1.54, 1.807) is 6.92 Å². The molecule has 0 saturated heterocycles. The van der Waals surface area contributed by atoms with Gasteiger partial charge in [0.2, 0.25) is 0 Å². The summed E-state index contributed by atoms with van der Waals surface area (Å²) in [5, 5.41) is 6.20. The van der Waals surface area contributed by atoms with Crippen molar-refractivity contribution in [2.24, 2.45) is 0 Å². The first-order chi connectivity index (χ1) is 9.80. The first-order valence-electron chi connectivity index (χ1n) is 7.55. The van der Waals surface area contributed by atoms with E-state index in [4.69, 9.17) is 4.74 Å². The van der Waals surface area contributed by atoms with E-state index in [1.807, 2.05) is 45.2 Å². The average molecular weight is 292 g/mol. The van der Waals surface area contributed by atoms with Crippen LogP contribution in [0.15, 0.2) is 24.3 Å². The molecule has 2 atom stereocenters. The van der Waals surface area contributed by atoms with Crippen LogP contribution in [0.5, 0.6) is 5.75 Å². The molecule has 1 aromatic carbocycles. The van der Waals surface area contributed by atoms with Crippen LogP contribution >= 0.6 is 0 Å². The van der Waals surface area contributed by atoms with Crippen LogP contribution in [0.3, 0.4) is 0 Å². The van der Waals surface area contributed by atoms with Gasteiger partial charge >= 0.3 is 0 Å². The Balaban J connectivity index is 2.79. The van der Waals surface area contributed by atoms with E-state index in [2.05, 4.69) is 24.5 Å². The lowest BCUT2D eigenvalue weighted by molar-refractivity contribution is -0.129. The maximum Gasteiger partial charge on any atom is 0.261 e. The lowest BCUT2D eigenvalue weighted by Crippen LogP contribution is -2.48. The molecule has 1 amide bonds. The van der Waals surface area contributed by atoms with Crippen molar-refractivity contribution in [3.8, 4) is 5.75 Å². The zero-order valence-electron chi connectivity index (χ0n) is 14.0. The van der Waals surface area contributed by atoms with Gasteiger partial charge in [-0.1, -0.05) is 25.1 Å². The fourth-order valence-electron chi connectivity index (χ4n) is 1.87. The summed E-state index contributed by atoms with van der Waals surface area (Å²) in [6, 6.07) is 7.97. The molecule has 4 heteroatoms. The largest absolute Gasteiger partial charge is 0.481 e. The number of carbonyl (C=O) groups is 1. The molecule has 0 spiro atoms. The second-order valence-corrected chi connectivity index (χ2v) is 6.03. The summed E-state index contributed by atoms with van der Waals surface area (Å²) < 4.78 is 5.87. The molecule has 1 rings (SSSR count). The van der Waals surface area contributed by atoms with Crippen LogP contribution in [-0.2, 0) is 4.79 Å². The van der Waals surface area contributed by atoms with Gasteiger partial charge in [-0.2, -0.15) is 0 Å². The zero-order valence-corrected chi connectivity index (χ0v) is 14.0. The van der Waals surface area contributed by atoms with Crippen molar-refractivity contribution in [3.63, 3.8) is 0 Å². The molecule has 4 nitrogen and oxygen atoms in total. The molecule has 0 aliphatic carbocycles. The number of carbonyl (C=O) groups excluding carboxylic acids is 1. The molecule has 2 unspecified atom stereocenters. The number of nitrogens with one attached hydrogen (secondary N) is 2. The third kappa shape index (κ3) is 5.05. The summed E-state index contributed by atoms with van der Waals surface area (Å²) in [4.78, 5) is 12.2. The standard InChI is InChI=1S/C17H28N2O2/c1-7-17(4,5)19-16(20)13(3)21-15-11-9-8-10-14(15)12(2)18-6/h8-13,18H,7H2,1-6H3,(H,19,20).